The van der Waals surface area contributed by atoms with Gasteiger partial charge in [-0.05, 0) is 42.3 Å². The van der Waals surface area contributed by atoms with Crippen LogP contribution in [0.3, 0.4) is 0 Å². The molecule has 0 bridgehead atoms. The van der Waals surface area contributed by atoms with Gasteiger partial charge in [0.05, 0.1) is 11.1 Å². The van der Waals surface area contributed by atoms with E-state index in [4.69, 9.17) is 11.6 Å². The lowest BCUT2D eigenvalue weighted by Gasteiger charge is -2.04. The maximum absolute atomic E-state index is 11.6. The third-order valence-corrected chi connectivity index (χ3v) is 3.79. The van der Waals surface area contributed by atoms with Gasteiger partial charge in [0.25, 0.3) is 0 Å². The van der Waals surface area contributed by atoms with E-state index in [9.17, 15) is 9.90 Å². The summed E-state index contributed by atoms with van der Waals surface area (Å²) in [5, 5.41) is 10.2. The number of benzene rings is 1. The van der Waals surface area contributed by atoms with Crippen molar-refractivity contribution in [2.75, 3.05) is 0 Å². The number of hydrogen-bond donors (Lipinski definition) is 1. The minimum Gasteiger partial charge on any atom is -0.478 e. The van der Waals surface area contributed by atoms with Crippen LogP contribution in [0.2, 0.25) is 5.02 Å². The first-order chi connectivity index (χ1) is 9.58. The number of halogens is 1. The maximum Gasteiger partial charge on any atom is 0.338 e. The molecule has 4 heteroatoms. The molecule has 0 fully saturated rings. The Labute approximate surface area is 121 Å². The summed E-state index contributed by atoms with van der Waals surface area (Å²) in [5.41, 5.74) is 3.47. The van der Waals surface area contributed by atoms with Gasteiger partial charge in [0, 0.05) is 23.0 Å². The molecule has 0 aliphatic rings. The van der Waals surface area contributed by atoms with Crippen molar-refractivity contribution in [3.05, 3.63) is 64.9 Å². The van der Waals surface area contributed by atoms with Crippen LogP contribution >= 0.6 is 11.6 Å². The highest BCUT2D eigenvalue weighted by atomic mass is 35.5. The van der Waals surface area contributed by atoms with Crippen molar-refractivity contribution in [2.45, 2.75) is 6.92 Å². The van der Waals surface area contributed by atoms with E-state index in [0.29, 0.717) is 21.7 Å². The number of pyridine rings is 1. The average molecular weight is 286 g/mol. The van der Waals surface area contributed by atoms with Gasteiger partial charge in [-0.25, -0.2) is 4.79 Å². The summed E-state index contributed by atoms with van der Waals surface area (Å²) in [6, 6.07) is 11.0. The summed E-state index contributed by atoms with van der Waals surface area (Å²) in [4.78, 5) is 11.6. The smallest absolute Gasteiger partial charge is 0.338 e. The van der Waals surface area contributed by atoms with Crippen LogP contribution < -0.4 is 0 Å². The largest absolute Gasteiger partial charge is 0.478 e. The number of hydrogen-bond acceptors (Lipinski definition) is 1. The van der Waals surface area contributed by atoms with Gasteiger partial charge in [-0.1, -0.05) is 23.7 Å². The Morgan fingerprint density at radius 1 is 1.25 bits per heavy atom. The minimum atomic E-state index is -0.929. The van der Waals surface area contributed by atoms with Crippen molar-refractivity contribution in [3.63, 3.8) is 0 Å². The molecule has 0 unspecified atom stereocenters. The van der Waals surface area contributed by atoms with Crippen LogP contribution in [0.1, 0.15) is 15.9 Å². The number of carboxylic acid groups (broad SMARTS) is 1. The van der Waals surface area contributed by atoms with Crippen LogP contribution in [0, 0.1) is 6.92 Å². The lowest BCUT2D eigenvalue weighted by atomic mass is 10.0. The summed E-state index contributed by atoms with van der Waals surface area (Å²) in [6.45, 7) is 1.90. The molecule has 0 aliphatic heterocycles. The number of aromatic nitrogens is 1. The fourth-order valence-electron chi connectivity index (χ4n) is 2.38. The molecule has 0 atom stereocenters. The third kappa shape index (κ3) is 1.96. The lowest BCUT2D eigenvalue weighted by Crippen LogP contribution is -1.97. The second-order valence-corrected chi connectivity index (χ2v) is 5.09. The first kappa shape index (κ1) is 12.8. The molecular weight excluding hydrogens is 274 g/mol. The molecule has 0 amide bonds. The number of aryl methyl sites for hydroxylation is 1. The van der Waals surface area contributed by atoms with Gasteiger partial charge in [0.1, 0.15) is 0 Å². The zero-order valence-corrected chi connectivity index (χ0v) is 11.6. The Bertz CT molecular complexity index is 820. The summed E-state index contributed by atoms with van der Waals surface area (Å²) < 4.78 is 1.82. The second kappa shape index (κ2) is 4.69. The molecule has 1 aromatic carbocycles. The fraction of sp³-hybridized carbons (Fsp3) is 0.0625. The lowest BCUT2D eigenvalue weighted by molar-refractivity contribution is 0.0700. The molecule has 100 valence electrons. The maximum atomic E-state index is 11.6. The molecular formula is C16H12ClNO2. The highest BCUT2D eigenvalue weighted by Gasteiger charge is 2.18. The Balaban J connectivity index is 2.32. The van der Waals surface area contributed by atoms with Crippen LogP contribution in [-0.2, 0) is 0 Å². The summed E-state index contributed by atoms with van der Waals surface area (Å²) in [7, 11) is 0. The molecule has 3 nitrogen and oxygen atoms in total. The summed E-state index contributed by atoms with van der Waals surface area (Å²) in [6.07, 6.45) is 3.68. The van der Waals surface area contributed by atoms with Crippen molar-refractivity contribution < 1.29 is 9.90 Å². The summed E-state index contributed by atoms with van der Waals surface area (Å²) in [5.74, 6) is -0.929. The zero-order chi connectivity index (χ0) is 14.3. The minimum absolute atomic E-state index is 0.312. The molecule has 1 N–H and O–H groups in total. The normalized spacial score (nSPS) is 10.9. The molecule has 0 saturated heterocycles. The predicted octanol–water partition coefficient (Wildman–Crippen LogP) is 4.27. The van der Waals surface area contributed by atoms with Crippen LogP contribution in [0.4, 0.5) is 0 Å². The molecule has 0 radical (unpaired) electrons. The van der Waals surface area contributed by atoms with Crippen LogP contribution in [0.15, 0.2) is 48.8 Å². The highest BCUT2D eigenvalue weighted by molar-refractivity contribution is 6.31. The van der Waals surface area contributed by atoms with E-state index in [1.54, 1.807) is 12.1 Å². The molecule has 2 aromatic heterocycles. The Hall–Kier alpha value is -2.26. The van der Waals surface area contributed by atoms with Crippen LogP contribution in [-0.4, -0.2) is 15.5 Å². The average Bonchev–Trinajstić information content (AvgIpc) is 2.81. The van der Waals surface area contributed by atoms with Gasteiger partial charge in [0.2, 0.25) is 0 Å². The Morgan fingerprint density at radius 2 is 2.05 bits per heavy atom. The van der Waals surface area contributed by atoms with Gasteiger partial charge in [-0.3, -0.25) is 0 Å². The van der Waals surface area contributed by atoms with Crippen LogP contribution in [0.5, 0.6) is 0 Å². The number of fused-ring (bicyclic) bond motifs is 1. The number of carboxylic acids is 1. The molecule has 0 aliphatic carbocycles. The van der Waals surface area contributed by atoms with E-state index in [2.05, 4.69) is 0 Å². The van der Waals surface area contributed by atoms with Gasteiger partial charge < -0.3 is 9.51 Å². The van der Waals surface area contributed by atoms with Crippen molar-refractivity contribution in [1.82, 2.24) is 4.40 Å². The molecule has 20 heavy (non-hydrogen) atoms. The van der Waals surface area contributed by atoms with E-state index in [1.807, 2.05) is 48.0 Å². The fourth-order valence-corrected chi connectivity index (χ4v) is 2.50. The number of rotatable bonds is 2. The molecule has 3 rings (SSSR count). The Kier molecular flexibility index (Phi) is 2.99. The molecule has 3 aromatic rings. The van der Waals surface area contributed by atoms with E-state index >= 15 is 0 Å². The topological polar surface area (TPSA) is 41.7 Å². The quantitative estimate of drug-likeness (QED) is 0.764. The molecule has 0 spiro atoms. The predicted molar refractivity (Wildman–Crippen MR) is 79.5 cm³/mol. The Morgan fingerprint density at radius 3 is 2.75 bits per heavy atom. The van der Waals surface area contributed by atoms with Gasteiger partial charge in [0.15, 0.2) is 0 Å². The number of carbonyl (C=O) groups is 1. The van der Waals surface area contributed by atoms with E-state index in [0.717, 1.165) is 11.1 Å². The molecule has 2 heterocycles. The SMILES string of the molecule is Cc1cc(-c2cn3ccccc3c2C(=O)O)ccc1Cl. The highest BCUT2D eigenvalue weighted by Crippen LogP contribution is 2.31. The van der Waals surface area contributed by atoms with Gasteiger partial charge in [-0.2, -0.15) is 0 Å². The standard InChI is InChI=1S/C16H12ClNO2/c1-10-8-11(5-6-13(10)17)12-9-18-7-3-2-4-14(18)15(12)16(19)20/h2-9H,1H3,(H,19,20). The van der Waals surface area contributed by atoms with Crippen molar-refractivity contribution in [3.8, 4) is 11.1 Å². The van der Waals surface area contributed by atoms with Crippen LogP contribution in [0.25, 0.3) is 16.6 Å². The molecule has 0 saturated carbocycles. The first-order valence-electron chi connectivity index (χ1n) is 6.17. The van der Waals surface area contributed by atoms with E-state index in [-0.39, 0.29) is 0 Å². The third-order valence-electron chi connectivity index (χ3n) is 3.37. The monoisotopic (exact) mass is 285 g/mol. The van der Waals surface area contributed by atoms with Gasteiger partial charge >= 0.3 is 5.97 Å². The number of aromatic carboxylic acids is 1. The second-order valence-electron chi connectivity index (χ2n) is 4.68. The number of nitrogens with zero attached hydrogens (tertiary/aromatic N) is 1. The van der Waals surface area contributed by atoms with Crippen molar-refractivity contribution in [2.24, 2.45) is 0 Å². The van der Waals surface area contributed by atoms with E-state index in [1.165, 1.54) is 0 Å². The van der Waals surface area contributed by atoms with Crippen molar-refractivity contribution in [1.29, 1.82) is 0 Å². The van der Waals surface area contributed by atoms with Gasteiger partial charge in [-0.15, -0.1) is 0 Å². The van der Waals surface area contributed by atoms with E-state index < -0.39 is 5.97 Å². The van der Waals surface area contributed by atoms with Crippen molar-refractivity contribution >= 4 is 23.1 Å². The zero-order valence-electron chi connectivity index (χ0n) is 10.8. The first-order valence-corrected chi connectivity index (χ1v) is 6.55. The summed E-state index contributed by atoms with van der Waals surface area (Å²) >= 11 is 6.03.